The second-order valence-electron chi connectivity index (χ2n) is 5.03. The van der Waals surface area contributed by atoms with Crippen molar-refractivity contribution in [1.29, 1.82) is 0 Å². The van der Waals surface area contributed by atoms with Crippen LogP contribution in [0.3, 0.4) is 0 Å². The van der Waals surface area contributed by atoms with Gasteiger partial charge in [-0.2, -0.15) is 11.8 Å². The molecule has 1 aliphatic rings. The summed E-state index contributed by atoms with van der Waals surface area (Å²) in [5.74, 6) is 0.791. The average Bonchev–Trinajstić information content (AvgIpc) is 2.46. The third-order valence-corrected chi connectivity index (χ3v) is 5.77. The number of sulfonamides is 1. The fraction of sp³-hybridized carbons (Fsp3) is 0.571. The summed E-state index contributed by atoms with van der Waals surface area (Å²) < 4.78 is 27.6. The van der Waals surface area contributed by atoms with E-state index in [1.165, 1.54) is 5.56 Å². The molecule has 6 heteroatoms. The number of aryl methyl sites for hydroxylation is 1. The predicted octanol–water partition coefficient (Wildman–Crippen LogP) is 2.46. The zero-order valence-electron chi connectivity index (χ0n) is 12.0. The highest BCUT2D eigenvalue weighted by atomic mass is 32.2. The molecule has 2 rings (SSSR count). The summed E-state index contributed by atoms with van der Waals surface area (Å²) in [6.07, 6.45) is 4.90. The van der Waals surface area contributed by atoms with E-state index in [2.05, 4.69) is 10.0 Å². The van der Waals surface area contributed by atoms with Gasteiger partial charge in [-0.3, -0.25) is 0 Å². The van der Waals surface area contributed by atoms with Crippen molar-refractivity contribution < 1.29 is 8.42 Å². The van der Waals surface area contributed by atoms with Crippen molar-refractivity contribution in [3.8, 4) is 0 Å². The van der Waals surface area contributed by atoms with E-state index in [0.29, 0.717) is 4.90 Å². The van der Waals surface area contributed by atoms with Crippen LogP contribution in [-0.4, -0.2) is 33.0 Å². The summed E-state index contributed by atoms with van der Waals surface area (Å²) >= 11 is 1.65. The zero-order valence-corrected chi connectivity index (χ0v) is 13.6. The van der Waals surface area contributed by atoms with Gasteiger partial charge in [-0.25, -0.2) is 13.1 Å². The quantitative estimate of drug-likeness (QED) is 0.847. The minimum atomic E-state index is -3.43. The van der Waals surface area contributed by atoms with E-state index in [-0.39, 0.29) is 6.04 Å². The fourth-order valence-electron chi connectivity index (χ4n) is 2.33. The van der Waals surface area contributed by atoms with Crippen molar-refractivity contribution in [2.45, 2.75) is 37.1 Å². The number of benzene rings is 1. The van der Waals surface area contributed by atoms with Gasteiger partial charge < -0.3 is 5.32 Å². The molecule has 0 saturated carbocycles. The second-order valence-corrected chi connectivity index (χ2v) is 7.66. The van der Waals surface area contributed by atoms with E-state index >= 15 is 0 Å². The van der Waals surface area contributed by atoms with E-state index in [4.69, 9.17) is 0 Å². The molecule has 1 aliphatic heterocycles. The number of fused-ring (bicyclic) bond motifs is 1. The van der Waals surface area contributed by atoms with Crippen LogP contribution in [0, 0.1) is 0 Å². The van der Waals surface area contributed by atoms with Crippen LogP contribution in [0.2, 0.25) is 0 Å². The van der Waals surface area contributed by atoms with Crippen molar-refractivity contribution in [3.05, 3.63) is 23.8 Å². The molecule has 20 heavy (non-hydrogen) atoms. The number of anilines is 1. The van der Waals surface area contributed by atoms with Crippen LogP contribution in [0.25, 0.3) is 0 Å². The van der Waals surface area contributed by atoms with E-state index < -0.39 is 10.0 Å². The molecular weight excluding hydrogens is 292 g/mol. The Bertz CT molecular complexity index is 558. The van der Waals surface area contributed by atoms with Gasteiger partial charge in [0.05, 0.1) is 4.90 Å². The van der Waals surface area contributed by atoms with Crippen LogP contribution in [0.15, 0.2) is 23.1 Å². The lowest BCUT2D eigenvalue weighted by Crippen LogP contribution is -2.36. The van der Waals surface area contributed by atoms with Crippen LogP contribution >= 0.6 is 11.8 Å². The predicted molar refractivity (Wildman–Crippen MR) is 86.0 cm³/mol. The number of rotatable bonds is 6. The Morgan fingerprint density at radius 3 is 2.95 bits per heavy atom. The first kappa shape index (κ1) is 15.7. The molecular formula is C14H22N2O2S2. The third-order valence-electron chi connectivity index (χ3n) is 3.51. The van der Waals surface area contributed by atoms with Gasteiger partial charge in [0.15, 0.2) is 0 Å². The van der Waals surface area contributed by atoms with E-state index in [1.807, 2.05) is 19.2 Å². The Balaban J connectivity index is 2.20. The lowest BCUT2D eigenvalue weighted by Gasteiger charge is -2.20. The first-order valence-electron chi connectivity index (χ1n) is 6.95. The molecule has 0 bridgehead atoms. The molecule has 0 fully saturated rings. The summed E-state index contributed by atoms with van der Waals surface area (Å²) in [6, 6.07) is 5.37. The minimum absolute atomic E-state index is 0.0148. The van der Waals surface area contributed by atoms with E-state index in [0.717, 1.165) is 37.2 Å². The maximum atomic E-state index is 12.4. The fourth-order valence-corrected chi connectivity index (χ4v) is 4.50. The van der Waals surface area contributed by atoms with Crippen molar-refractivity contribution in [1.82, 2.24) is 4.72 Å². The standard InChI is InChI=1S/C14H22N2O2S2/c1-3-12(10-19-2)16-20(17,18)13-7-6-11-5-4-8-15-14(11)9-13/h6-7,9,12,15-16H,3-5,8,10H2,1-2H3. The van der Waals surface area contributed by atoms with Gasteiger partial charge in [0.25, 0.3) is 0 Å². The van der Waals surface area contributed by atoms with Crippen LogP contribution in [0.4, 0.5) is 5.69 Å². The molecule has 0 aliphatic carbocycles. The van der Waals surface area contributed by atoms with Gasteiger partial charge in [0.1, 0.15) is 0 Å². The van der Waals surface area contributed by atoms with Gasteiger partial charge in [0, 0.05) is 24.0 Å². The molecule has 0 saturated heterocycles. The van der Waals surface area contributed by atoms with Crippen molar-refractivity contribution in [2.75, 3.05) is 23.9 Å². The molecule has 1 aromatic carbocycles. The molecule has 0 radical (unpaired) electrons. The van der Waals surface area contributed by atoms with Gasteiger partial charge in [0.2, 0.25) is 10.0 Å². The molecule has 0 amide bonds. The topological polar surface area (TPSA) is 58.2 Å². The molecule has 1 heterocycles. The minimum Gasteiger partial charge on any atom is -0.385 e. The molecule has 2 N–H and O–H groups in total. The Morgan fingerprint density at radius 1 is 1.45 bits per heavy atom. The highest BCUT2D eigenvalue weighted by Crippen LogP contribution is 2.25. The molecule has 1 aromatic rings. The SMILES string of the molecule is CCC(CSC)NS(=O)(=O)c1ccc2c(c1)NCCC2. The van der Waals surface area contributed by atoms with Gasteiger partial charge in [-0.05, 0) is 43.2 Å². The van der Waals surface area contributed by atoms with Crippen LogP contribution in [0.5, 0.6) is 0 Å². The normalized spacial score (nSPS) is 16.3. The smallest absolute Gasteiger partial charge is 0.240 e. The van der Waals surface area contributed by atoms with Crippen LogP contribution in [0.1, 0.15) is 25.3 Å². The third kappa shape index (κ3) is 3.68. The summed E-state index contributed by atoms with van der Waals surface area (Å²) in [6.45, 7) is 2.91. The second kappa shape index (κ2) is 6.83. The molecule has 0 aromatic heterocycles. The lowest BCUT2D eigenvalue weighted by atomic mass is 10.0. The molecule has 0 spiro atoms. The molecule has 4 nitrogen and oxygen atoms in total. The number of hydrogen-bond donors (Lipinski definition) is 2. The summed E-state index contributed by atoms with van der Waals surface area (Å²) in [7, 11) is -3.43. The lowest BCUT2D eigenvalue weighted by molar-refractivity contribution is 0.558. The summed E-state index contributed by atoms with van der Waals surface area (Å²) in [5, 5.41) is 3.27. The van der Waals surface area contributed by atoms with Crippen LogP contribution in [-0.2, 0) is 16.4 Å². The van der Waals surface area contributed by atoms with Crippen LogP contribution < -0.4 is 10.0 Å². The first-order valence-corrected chi connectivity index (χ1v) is 9.82. The summed E-state index contributed by atoms with van der Waals surface area (Å²) in [4.78, 5) is 0.352. The van der Waals surface area contributed by atoms with Crippen molar-refractivity contribution in [3.63, 3.8) is 0 Å². The Hall–Kier alpha value is -0.720. The van der Waals surface area contributed by atoms with Gasteiger partial charge in [-0.1, -0.05) is 13.0 Å². The van der Waals surface area contributed by atoms with E-state index in [9.17, 15) is 8.42 Å². The number of hydrogen-bond acceptors (Lipinski definition) is 4. The molecule has 1 unspecified atom stereocenters. The average molecular weight is 314 g/mol. The number of nitrogens with one attached hydrogen (secondary N) is 2. The van der Waals surface area contributed by atoms with Gasteiger partial charge in [-0.15, -0.1) is 0 Å². The Morgan fingerprint density at radius 2 is 2.25 bits per heavy atom. The van der Waals surface area contributed by atoms with Crippen molar-refractivity contribution >= 4 is 27.5 Å². The monoisotopic (exact) mass is 314 g/mol. The Labute approximate surface area is 125 Å². The molecule has 112 valence electrons. The number of thioether (sulfide) groups is 1. The maximum Gasteiger partial charge on any atom is 0.240 e. The largest absolute Gasteiger partial charge is 0.385 e. The Kier molecular flexibility index (Phi) is 5.35. The highest BCUT2D eigenvalue weighted by molar-refractivity contribution is 7.98. The van der Waals surface area contributed by atoms with Crippen molar-refractivity contribution in [2.24, 2.45) is 0 Å². The summed E-state index contributed by atoms with van der Waals surface area (Å²) in [5.41, 5.74) is 2.16. The zero-order chi connectivity index (χ0) is 14.6. The van der Waals surface area contributed by atoms with Gasteiger partial charge >= 0.3 is 0 Å². The molecule has 1 atom stereocenters. The first-order chi connectivity index (χ1) is 9.56. The van der Waals surface area contributed by atoms with E-state index in [1.54, 1.807) is 23.9 Å². The maximum absolute atomic E-state index is 12.4. The highest BCUT2D eigenvalue weighted by Gasteiger charge is 2.20.